The lowest BCUT2D eigenvalue weighted by atomic mass is 10.2. The van der Waals surface area contributed by atoms with E-state index in [-0.39, 0.29) is 24.7 Å². The average molecular weight is 406 g/mol. The zero-order chi connectivity index (χ0) is 20.4. The number of rotatable bonds is 4. The van der Waals surface area contributed by atoms with Gasteiger partial charge in [-0.05, 0) is 52.0 Å². The summed E-state index contributed by atoms with van der Waals surface area (Å²) < 4.78 is 12.5. The molecule has 2 atom stereocenters. The van der Waals surface area contributed by atoms with E-state index in [9.17, 15) is 9.59 Å². The molecule has 150 valence electrons. The van der Waals surface area contributed by atoms with Crippen LogP contribution in [0.1, 0.15) is 35.6 Å². The zero-order valence-corrected chi connectivity index (χ0v) is 17.2. The number of amides is 1. The summed E-state index contributed by atoms with van der Waals surface area (Å²) >= 11 is 6.18. The number of benzene rings is 1. The average Bonchev–Trinajstić information content (AvgIpc) is 2.92. The molecule has 2 unspecified atom stereocenters. The van der Waals surface area contributed by atoms with Crippen LogP contribution >= 0.6 is 11.6 Å². The Morgan fingerprint density at radius 2 is 1.79 bits per heavy atom. The van der Waals surface area contributed by atoms with Crippen molar-refractivity contribution in [3.05, 3.63) is 46.2 Å². The molecule has 3 rings (SSSR count). The van der Waals surface area contributed by atoms with Gasteiger partial charge in [0, 0.05) is 13.1 Å². The van der Waals surface area contributed by atoms with Crippen LogP contribution in [0.3, 0.4) is 0 Å². The number of aryl methyl sites for hydroxylation is 1. The highest BCUT2D eigenvalue weighted by molar-refractivity contribution is 6.31. The Labute approximate surface area is 169 Å². The molecule has 0 saturated carbocycles. The molecular weight excluding hydrogens is 382 g/mol. The predicted molar refractivity (Wildman–Crippen MR) is 105 cm³/mol. The fourth-order valence-corrected chi connectivity index (χ4v) is 3.42. The third-order valence-electron chi connectivity index (χ3n) is 4.65. The molecule has 0 aliphatic carbocycles. The molecule has 7 nitrogen and oxygen atoms in total. The maximum Gasteiger partial charge on any atom is 0.338 e. The lowest BCUT2D eigenvalue weighted by molar-refractivity contribution is -0.146. The smallest absolute Gasteiger partial charge is 0.338 e. The van der Waals surface area contributed by atoms with E-state index < -0.39 is 5.97 Å². The van der Waals surface area contributed by atoms with Crippen molar-refractivity contribution in [2.45, 2.75) is 39.9 Å². The van der Waals surface area contributed by atoms with Gasteiger partial charge in [-0.1, -0.05) is 11.6 Å². The van der Waals surface area contributed by atoms with E-state index in [4.69, 9.17) is 21.1 Å². The van der Waals surface area contributed by atoms with Crippen molar-refractivity contribution in [2.75, 3.05) is 19.7 Å². The van der Waals surface area contributed by atoms with Gasteiger partial charge in [0.15, 0.2) is 6.61 Å². The standard InChI is InChI=1S/C20H24ClN3O4/c1-12-9-23(10-13(2)28-12)18(25)11-27-20(26)16-5-7-17(8-6-16)24-15(4)19(21)14(3)22-24/h5-8,12-13H,9-11H2,1-4H3. The number of aromatic nitrogens is 2. The van der Waals surface area contributed by atoms with E-state index in [2.05, 4.69) is 5.10 Å². The van der Waals surface area contributed by atoms with Crippen molar-refractivity contribution < 1.29 is 19.1 Å². The maximum atomic E-state index is 12.3. The number of esters is 1. The van der Waals surface area contributed by atoms with E-state index in [1.165, 1.54) is 0 Å². The molecule has 1 fully saturated rings. The second-order valence-electron chi connectivity index (χ2n) is 7.08. The molecule has 28 heavy (non-hydrogen) atoms. The van der Waals surface area contributed by atoms with E-state index in [1.54, 1.807) is 33.8 Å². The van der Waals surface area contributed by atoms with Crippen molar-refractivity contribution in [1.29, 1.82) is 0 Å². The molecule has 0 spiro atoms. The molecule has 2 aromatic rings. The molecular formula is C20H24ClN3O4. The van der Waals surface area contributed by atoms with Gasteiger partial charge in [0.2, 0.25) is 0 Å². The van der Waals surface area contributed by atoms with Crippen molar-refractivity contribution in [3.63, 3.8) is 0 Å². The van der Waals surface area contributed by atoms with Gasteiger partial charge in [-0.15, -0.1) is 0 Å². The number of nitrogens with zero attached hydrogens (tertiary/aromatic N) is 3. The molecule has 1 aliphatic heterocycles. The van der Waals surface area contributed by atoms with E-state index in [0.717, 1.165) is 17.1 Å². The number of carbonyl (C=O) groups is 2. The van der Waals surface area contributed by atoms with Crippen LogP contribution in [-0.2, 0) is 14.3 Å². The SMILES string of the molecule is Cc1nn(-c2ccc(C(=O)OCC(=O)N3CC(C)OC(C)C3)cc2)c(C)c1Cl. The Morgan fingerprint density at radius 3 is 2.32 bits per heavy atom. The van der Waals surface area contributed by atoms with Gasteiger partial charge in [-0.25, -0.2) is 9.48 Å². The van der Waals surface area contributed by atoms with Crippen LogP contribution < -0.4 is 0 Å². The van der Waals surface area contributed by atoms with Gasteiger partial charge >= 0.3 is 5.97 Å². The van der Waals surface area contributed by atoms with Gasteiger partial charge in [0.1, 0.15) is 0 Å². The topological polar surface area (TPSA) is 73.7 Å². The molecule has 1 aromatic carbocycles. The lowest BCUT2D eigenvalue weighted by Gasteiger charge is -2.35. The molecule has 0 N–H and O–H groups in total. The fourth-order valence-electron chi connectivity index (χ4n) is 3.30. The van der Waals surface area contributed by atoms with Gasteiger partial charge in [0.05, 0.1) is 39.9 Å². The monoisotopic (exact) mass is 405 g/mol. The Hall–Kier alpha value is -2.38. The number of morpholine rings is 1. The highest BCUT2D eigenvalue weighted by Gasteiger charge is 2.26. The van der Waals surface area contributed by atoms with Crippen LogP contribution in [0.15, 0.2) is 24.3 Å². The summed E-state index contributed by atoms with van der Waals surface area (Å²) in [6.45, 7) is 8.27. The molecule has 1 aromatic heterocycles. The molecule has 1 aliphatic rings. The Morgan fingerprint density at radius 1 is 1.18 bits per heavy atom. The Balaban J connectivity index is 1.60. The Bertz CT molecular complexity index is 868. The van der Waals surface area contributed by atoms with Crippen molar-refractivity contribution in [3.8, 4) is 5.69 Å². The molecule has 8 heteroatoms. The molecule has 2 heterocycles. The first-order valence-electron chi connectivity index (χ1n) is 9.18. The number of halogens is 1. The summed E-state index contributed by atoms with van der Waals surface area (Å²) in [7, 11) is 0. The second kappa shape index (κ2) is 8.32. The van der Waals surface area contributed by atoms with Crippen LogP contribution in [0, 0.1) is 13.8 Å². The van der Waals surface area contributed by atoms with Crippen LogP contribution in [0.4, 0.5) is 0 Å². The minimum absolute atomic E-state index is 0.0289. The maximum absolute atomic E-state index is 12.3. The van der Waals surface area contributed by atoms with Crippen LogP contribution in [0.25, 0.3) is 5.69 Å². The molecule has 0 radical (unpaired) electrons. The molecule has 0 bridgehead atoms. The summed E-state index contributed by atoms with van der Waals surface area (Å²) in [4.78, 5) is 26.2. The molecule has 1 saturated heterocycles. The summed E-state index contributed by atoms with van der Waals surface area (Å²) in [5.74, 6) is -0.759. The lowest BCUT2D eigenvalue weighted by Crippen LogP contribution is -2.49. The zero-order valence-electron chi connectivity index (χ0n) is 16.4. The highest BCUT2D eigenvalue weighted by atomic mass is 35.5. The first-order valence-corrected chi connectivity index (χ1v) is 9.56. The number of carbonyl (C=O) groups excluding carboxylic acids is 2. The van der Waals surface area contributed by atoms with E-state index in [0.29, 0.717) is 23.7 Å². The number of ether oxygens (including phenoxy) is 2. The van der Waals surface area contributed by atoms with Crippen LogP contribution in [0.2, 0.25) is 5.02 Å². The van der Waals surface area contributed by atoms with Gasteiger partial charge < -0.3 is 14.4 Å². The van der Waals surface area contributed by atoms with Crippen molar-refractivity contribution >= 4 is 23.5 Å². The van der Waals surface area contributed by atoms with E-state index >= 15 is 0 Å². The molecule has 1 amide bonds. The largest absolute Gasteiger partial charge is 0.452 e. The predicted octanol–water partition coefficient (Wildman–Crippen LogP) is 2.94. The number of hydrogen-bond donors (Lipinski definition) is 0. The Kier molecular flexibility index (Phi) is 6.05. The van der Waals surface area contributed by atoms with Crippen LogP contribution in [-0.4, -0.2) is 58.5 Å². The minimum atomic E-state index is -0.541. The fraction of sp³-hybridized carbons (Fsp3) is 0.450. The summed E-state index contributed by atoms with van der Waals surface area (Å²) in [5, 5.41) is 5.01. The summed E-state index contributed by atoms with van der Waals surface area (Å²) in [5.41, 5.74) is 2.73. The van der Waals surface area contributed by atoms with Crippen molar-refractivity contribution in [1.82, 2.24) is 14.7 Å². The minimum Gasteiger partial charge on any atom is -0.452 e. The number of hydrogen-bond acceptors (Lipinski definition) is 5. The first-order chi connectivity index (χ1) is 13.3. The normalized spacial score (nSPS) is 19.5. The first kappa shape index (κ1) is 20.4. The summed E-state index contributed by atoms with van der Waals surface area (Å²) in [6, 6.07) is 6.82. The van der Waals surface area contributed by atoms with Gasteiger partial charge in [-0.3, -0.25) is 4.79 Å². The highest BCUT2D eigenvalue weighted by Crippen LogP contribution is 2.22. The second-order valence-corrected chi connectivity index (χ2v) is 7.45. The van der Waals surface area contributed by atoms with Gasteiger partial charge in [-0.2, -0.15) is 5.10 Å². The third-order valence-corrected chi connectivity index (χ3v) is 5.20. The van der Waals surface area contributed by atoms with Crippen LogP contribution in [0.5, 0.6) is 0 Å². The third kappa shape index (κ3) is 4.36. The van der Waals surface area contributed by atoms with Gasteiger partial charge in [0.25, 0.3) is 5.91 Å². The van der Waals surface area contributed by atoms with Crippen molar-refractivity contribution in [2.24, 2.45) is 0 Å². The van der Waals surface area contributed by atoms with E-state index in [1.807, 2.05) is 27.7 Å². The quantitative estimate of drug-likeness (QED) is 0.731. The summed E-state index contributed by atoms with van der Waals surface area (Å²) in [6.07, 6.45) is -0.0577.